The normalized spacial score (nSPS) is 10.2. The Morgan fingerprint density at radius 1 is 1.29 bits per heavy atom. The van der Waals surface area contributed by atoms with Gasteiger partial charge in [-0.25, -0.2) is 9.37 Å². The molecule has 0 atom stereocenters. The third kappa shape index (κ3) is 3.65. The zero-order valence-corrected chi connectivity index (χ0v) is 11.7. The standard InChI is InChI=1S/C14H15FN4O2/c1-3-16-13-7-11(19(20)21)8-14(18-13)17-12-6-10(15)5-4-9(12)2/h4-8H,3H2,1-2H3,(H2,16,17,18). The molecule has 0 aliphatic heterocycles. The predicted molar refractivity (Wildman–Crippen MR) is 79.5 cm³/mol. The van der Waals surface area contributed by atoms with Crippen LogP contribution in [0.2, 0.25) is 0 Å². The van der Waals surface area contributed by atoms with Crippen LogP contribution in [-0.2, 0) is 0 Å². The fraction of sp³-hybridized carbons (Fsp3) is 0.214. The van der Waals surface area contributed by atoms with E-state index in [-0.39, 0.29) is 17.3 Å². The Hall–Kier alpha value is -2.70. The number of aromatic nitrogens is 1. The lowest BCUT2D eigenvalue weighted by Crippen LogP contribution is -2.04. The molecule has 1 heterocycles. The first-order chi connectivity index (χ1) is 9.99. The zero-order valence-electron chi connectivity index (χ0n) is 11.7. The number of nitro groups is 1. The van der Waals surface area contributed by atoms with Crippen LogP contribution >= 0.6 is 0 Å². The summed E-state index contributed by atoms with van der Waals surface area (Å²) in [5.41, 5.74) is 1.25. The van der Waals surface area contributed by atoms with Crippen LogP contribution in [0.3, 0.4) is 0 Å². The Morgan fingerprint density at radius 3 is 2.67 bits per heavy atom. The molecule has 0 spiro atoms. The first kappa shape index (κ1) is 14.7. The van der Waals surface area contributed by atoms with Crippen LogP contribution in [0.5, 0.6) is 0 Å². The molecule has 110 valence electrons. The highest BCUT2D eigenvalue weighted by molar-refractivity contribution is 5.64. The van der Waals surface area contributed by atoms with Gasteiger partial charge in [-0.05, 0) is 31.5 Å². The van der Waals surface area contributed by atoms with Gasteiger partial charge in [-0.2, -0.15) is 0 Å². The molecule has 0 bridgehead atoms. The summed E-state index contributed by atoms with van der Waals surface area (Å²) in [6, 6.07) is 6.97. The van der Waals surface area contributed by atoms with Crippen LogP contribution in [-0.4, -0.2) is 16.5 Å². The first-order valence-corrected chi connectivity index (χ1v) is 6.43. The van der Waals surface area contributed by atoms with Crippen molar-refractivity contribution in [3.05, 3.63) is 51.8 Å². The molecule has 0 aliphatic rings. The van der Waals surface area contributed by atoms with Crippen molar-refractivity contribution in [1.82, 2.24) is 4.98 Å². The fourth-order valence-corrected chi connectivity index (χ4v) is 1.82. The minimum Gasteiger partial charge on any atom is -0.370 e. The number of hydrogen-bond acceptors (Lipinski definition) is 5. The van der Waals surface area contributed by atoms with E-state index in [4.69, 9.17) is 0 Å². The Kier molecular flexibility index (Phi) is 4.32. The van der Waals surface area contributed by atoms with Crippen molar-refractivity contribution >= 4 is 23.0 Å². The van der Waals surface area contributed by atoms with Crippen molar-refractivity contribution in [2.75, 3.05) is 17.2 Å². The van der Waals surface area contributed by atoms with Crippen LogP contribution in [0.15, 0.2) is 30.3 Å². The number of pyridine rings is 1. The maximum atomic E-state index is 13.3. The average molecular weight is 290 g/mol. The van der Waals surface area contributed by atoms with Gasteiger partial charge in [0, 0.05) is 12.2 Å². The first-order valence-electron chi connectivity index (χ1n) is 6.43. The van der Waals surface area contributed by atoms with Crippen LogP contribution in [0.1, 0.15) is 12.5 Å². The molecule has 0 radical (unpaired) electrons. The van der Waals surface area contributed by atoms with E-state index in [1.54, 1.807) is 6.07 Å². The van der Waals surface area contributed by atoms with Crippen molar-refractivity contribution in [2.24, 2.45) is 0 Å². The fourth-order valence-electron chi connectivity index (χ4n) is 1.82. The molecule has 1 aromatic heterocycles. The number of hydrogen-bond donors (Lipinski definition) is 2. The number of nitrogens with zero attached hydrogens (tertiary/aromatic N) is 2. The molecule has 2 rings (SSSR count). The molecule has 2 aromatic rings. The number of halogens is 1. The lowest BCUT2D eigenvalue weighted by atomic mass is 10.2. The van der Waals surface area contributed by atoms with E-state index >= 15 is 0 Å². The Labute approximate surface area is 121 Å². The van der Waals surface area contributed by atoms with Crippen LogP contribution in [0.4, 0.5) is 27.4 Å². The van der Waals surface area contributed by atoms with Gasteiger partial charge in [-0.1, -0.05) is 6.07 Å². The van der Waals surface area contributed by atoms with E-state index in [1.807, 2.05) is 13.8 Å². The van der Waals surface area contributed by atoms with E-state index in [1.165, 1.54) is 24.3 Å². The van der Waals surface area contributed by atoms with Crippen LogP contribution < -0.4 is 10.6 Å². The molecule has 0 saturated heterocycles. The van der Waals surface area contributed by atoms with Crippen LogP contribution in [0, 0.1) is 22.9 Å². The Bertz CT molecular complexity index is 676. The SMILES string of the molecule is CCNc1cc([N+](=O)[O-])cc(Nc2cc(F)ccc2C)n1. The number of nitrogens with one attached hydrogen (secondary N) is 2. The van der Waals surface area contributed by atoms with E-state index < -0.39 is 4.92 Å². The molecular weight excluding hydrogens is 275 g/mol. The molecule has 6 nitrogen and oxygen atoms in total. The van der Waals surface area contributed by atoms with Gasteiger partial charge in [0.15, 0.2) is 0 Å². The summed E-state index contributed by atoms with van der Waals surface area (Å²) in [6.45, 7) is 4.27. The monoisotopic (exact) mass is 290 g/mol. The summed E-state index contributed by atoms with van der Waals surface area (Å²) in [6.07, 6.45) is 0. The molecule has 0 amide bonds. The van der Waals surface area contributed by atoms with Crippen molar-refractivity contribution in [1.29, 1.82) is 0 Å². The highest BCUT2D eigenvalue weighted by atomic mass is 19.1. The smallest absolute Gasteiger partial charge is 0.276 e. The van der Waals surface area contributed by atoms with E-state index in [2.05, 4.69) is 15.6 Å². The lowest BCUT2D eigenvalue weighted by molar-refractivity contribution is -0.384. The Balaban J connectivity index is 2.38. The van der Waals surface area contributed by atoms with Crippen molar-refractivity contribution in [3.63, 3.8) is 0 Å². The zero-order chi connectivity index (χ0) is 15.4. The summed E-state index contributed by atoms with van der Waals surface area (Å²) >= 11 is 0. The number of rotatable bonds is 5. The molecule has 21 heavy (non-hydrogen) atoms. The van der Waals surface area contributed by atoms with E-state index in [9.17, 15) is 14.5 Å². The van der Waals surface area contributed by atoms with E-state index in [0.29, 0.717) is 18.1 Å². The second kappa shape index (κ2) is 6.17. The van der Waals surface area contributed by atoms with Gasteiger partial charge < -0.3 is 10.6 Å². The Morgan fingerprint density at radius 2 is 2.00 bits per heavy atom. The van der Waals surface area contributed by atoms with E-state index in [0.717, 1.165) is 5.56 Å². The van der Waals surface area contributed by atoms with Gasteiger partial charge in [0.25, 0.3) is 5.69 Å². The van der Waals surface area contributed by atoms with Crippen LogP contribution in [0.25, 0.3) is 0 Å². The molecular formula is C14H15FN4O2. The topological polar surface area (TPSA) is 80.1 Å². The van der Waals surface area contributed by atoms with Gasteiger partial charge >= 0.3 is 0 Å². The third-order valence-electron chi connectivity index (χ3n) is 2.84. The number of anilines is 3. The largest absolute Gasteiger partial charge is 0.370 e. The lowest BCUT2D eigenvalue weighted by Gasteiger charge is -2.10. The molecule has 2 N–H and O–H groups in total. The van der Waals surface area contributed by atoms with Crippen molar-refractivity contribution in [2.45, 2.75) is 13.8 Å². The minimum atomic E-state index is -0.494. The molecule has 1 aromatic carbocycles. The number of aryl methyl sites for hydroxylation is 1. The number of benzene rings is 1. The summed E-state index contributed by atoms with van der Waals surface area (Å²) in [5, 5.41) is 16.8. The molecule has 0 saturated carbocycles. The highest BCUT2D eigenvalue weighted by Gasteiger charge is 2.12. The molecule has 0 unspecified atom stereocenters. The molecule has 0 fully saturated rings. The summed E-state index contributed by atoms with van der Waals surface area (Å²) in [4.78, 5) is 14.7. The van der Waals surface area contributed by atoms with Gasteiger partial charge in [-0.3, -0.25) is 10.1 Å². The quantitative estimate of drug-likeness (QED) is 0.649. The van der Waals surface area contributed by atoms with Gasteiger partial charge in [0.05, 0.1) is 17.1 Å². The summed E-state index contributed by atoms with van der Waals surface area (Å²) in [7, 11) is 0. The second-order valence-electron chi connectivity index (χ2n) is 4.47. The summed E-state index contributed by atoms with van der Waals surface area (Å²) in [5.74, 6) is 0.289. The maximum absolute atomic E-state index is 13.3. The summed E-state index contributed by atoms with van der Waals surface area (Å²) < 4.78 is 13.3. The highest BCUT2D eigenvalue weighted by Crippen LogP contribution is 2.25. The van der Waals surface area contributed by atoms with Crippen molar-refractivity contribution in [3.8, 4) is 0 Å². The third-order valence-corrected chi connectivity index (χ3v) is 2.84. The second-order valence-corrected chi connectivity index (χ2v) is 4.47. The predicted octanol–water partition coefficient (Wildman–Crippen LogP) is 3.61. The van der Waals surface area contributed by atoms with Gasteiger partial charge in [-0.15, -0.1) is 0 Å². The minimum absolute atomic E-state index is 0.0856. The van der Waals surface area contributed by atoms with Gasteiger partial charge in [0.2, 0.25) is 0 Å². The van der Waals surface area contributed by atoms with Crippen molar-refractivity contribution < 1.29 is 9.31 Å². The maximum Gasteiger partial charge on any atom is 0.276 e. The van der Waals surface area contributed by atoms with Gasteiger partial charge in [0.1, 0.15) is 17.5 Å². The molecule has 7 heteroatoms. The molecule has 0 aliphatic carbocycles. The average Bonchev–Trinajstić information content (AvgIpc) is 2.43.